The van der Waals surface area contributed by atoms with Crippen LogP contribution >= 0.6 is 0 Å². The smallest absolute Gasteiger partial charge is 0.246 e. The summed E-state index contributed by atoms with van der Waals surface area (Å²) >= 11 is 0. The Balaban J connectivity index is 1.72. The molecule has 1 aromatic rings. The molecule has 2 fully saturated rings. The van der Waals surface area contributed by atoms with Crippen LogP contribution in [0.2, 0.25) is 0 Å². The zero-order valence-corrected chi connectivity index (χ0v) is 12.0. The standard InChI is InChI=1S/C16H20N2O3/c19-15-11-18(13-6-8-21-9-7-13)16(20)14(17-15)10-12-4-2-1-3-5-12/h1-5,13-14H,6-11H2,(H,17,19). The van der Waals surface area contributed by atoms with Gasteiger partial charge >= 0.3 is 0 Å². The maximum Gasteiger partial charge on any atom is 0.246 e. The number of nitrogens with zero attached hydrogens (tertiary/aromatic N) is 1. The number of hydrogen-bond acceptors (Lipinski definition) is 3. The number of carbonyl (C=O) groups is 2. The third-order valence-corrected chi connectivity index (χ3v) is 4.14. The summed E-state index contributed by atoms with van der Waals surface area (Å²) in [5.41, 5.74) is 1.06. The summed E-state index contributed by atoms with van der Waals surface area (Å²) < 4.78 is 5.34. The molecule has 0 spiro atoms. The summed E-state index contributed by atoms with van der Waals surface area (Å²) in [5.74, 6) is -0.0348. The van der Waals surface area contributed by atoms with E-state index in [0.29, 0.717) is 19.6 Å². The number of rotatable bonds is 3. The first kappa shape index (κ1) is 14.1. The summed E-state index contributed by atoms with van der Waals surface area (Å²) in [7, 11) is 0. The van der Waals surface area contributed by atoms with Crippen molar-refractivity contribution in [3.8, 4) is 0 Å². The van der Waals surface area contributed by atoms with Crippen LogP contribution in [0.1, 0.15) is 18.4 Å². The van der Waals surface area contributed by atoms with Crippen molar-refractivity contribution in [2.24, 2.45) is 0 Å². The molecule has 21 heavy (non-hydrogen) atoms. The Morgan fingerprint density at radius 3 is 2.57 bits per heavy atom. The fraction of sp³-hybridized carbons (Fsp3) is 0.500. The Morgan fingerprint density at radius 2 is 1.86 bits per heavy atom. The number of piperazine rings is 1. The van der Waals surface area contributed by atoms with Crippen LogP contribution < -0.4 is 5.32 Å². The summed E-state index contributed by atoms with van der Waals surface area (Å²) in [6.45, 7) is 1.51. The van der Waals surface area contributed by atoms with E-state index in [0.717, 1.165) is 18.4 Å². The maximum absolute atomic E-state index is 12.6. The number of benzene rings is 1. The van der Waals surface area contributed by atoms with Gasteiger partial charge in [0, 0.05) is 25.7 Å². The lowest BCUT2D eigenvalue weighted by Crippen LogP contribution is -2.61. The molecule has 1 unspecified atom stereocenters. The van der Waals surface area contributed by atoms with Crippen LogP contribution in [0.5, 0.6) is 0 Å². The van der Waals surface area contributed by atoms with Crippen molar-refractivity contribution in [1.82, 2.24) is 10.2 Å². The summed E-state index contributed by atoms with van der Waals surface area (Å²) in [4.78, 5) is 26.3. The van der Waals surface area contributed by atoms with E-state index < -0.39 is 6.04 Å². The Bertz CT molecular complexity index is 512. The number of nitrogens with one attached hydrogen (secondary N) is 1. The fourth-order valence-corrected chi connectivity index (χ4v) is 3.03. The number of amides is 2. The first-order valence-corrected chi connectivity index (χ1v) is 7.45. The molecular formula is C16H20N2O3. The molecule has 2 amide bonds. The third-order valence-electron chi connectivity index (χ3n) is 4.14. The van der Waals surface area contributed by atoms with Crippen molar-refractivity contribution < 1.29 is 14.3 Å². The Kier molecular flexibility index (Phi) is 4.20. The summed E-state index contributed by atoms with van der Waals surface area (Å²) in [5, 5.41) is 2.82. The summed E-state index contributed by atoms with van der Waals surface area (Å²) in [6.07, 6.45) is 2.18. The molecule has 2 saturated heterocycles. The van der Waals surface area contributed by atoms with Crippen LogP contribution in [0, 0.1) is 0 Å². The molecule has 112 valence electrons. The minimum absolute atomic E-state index is 0.0327. The fourth-order valence-electron chi connectivity index (χ4n) is 3.03. The molecule has 2 aliphatic rings. The third kappa shape index (κ3) is 3.24. The highest BCUT2D eigenvalue weighted by Crippen LogP contribution is 2.18. The quantitative estimate of drug-likeness (QED) is 0.892. The highest BCUT2D eigenvalue weighted by Gasteiger charge is 2.36. The van der Waals surface area contributed by atoms with E-state index in [4.69, 9.17) is 4.74 Å². The van der Waals surface area contributed by atoms with E-state index in [2.05, 4.69) is 5.32 Å². The predicted molar refractivity (Wildman–Crippen MR) is 77.6 cm³/mol. The van der Waals surface area contributed by atoms with Crippen LogP contribution in [-0.2, 0) is 20.7 Å². The van der Waals surface area contributed by atoms with Gasteiger partial charge < -0.3 is 15.0 Å². The van der Waals surface area contributed by atoms with Crippen LogP contribution in [0.25, 0.3) is 0 Å². The van der Waals surface area contributed by atoms with E-state index in [1.807, 2.05) is 30.3 Å². The maximum atomic E-state index is 12.6. The van der Waals surface area contributed by atoms with Gasteiger partial charge in [0.25, 0.3) is 0 Å². The van der Waals surface area contributed by atoms with Crippen molar-refractivity contribution in [2.45, 2.75) is 31.3 Å². The minimum Gasteiger partial charge on any atom is -0.381 e. The molecule has 0 saturated carbocycles. The highest BCUT2D eigenvalue weighted by molar-refractivity contribution is 5.95. The van der Waals surface area contributed by atoms with Gasteiger partial charge in [-0.2, -0.15) is 0 Å². The molecular weight excluding hydrogens is 268 g/mol. The normalized spacial score (nSPS) is 24.0. The minimum atomic E-state index is -0.448. The molecule has 1 N–H and O–H groups in total. The number of hydrogen-bond donors (Lipinski definition) is 1. The first-order chi connectivity index (χ1) is 10.2. The van der Waals surface area contributed by atoms with E-state index in [-0.39, 0.29) is 24.4 Å². The molecule has 0 bridgehead atoms. The van der Waals surface area contributed by atoms with E-state index in [1.165, 1.54) is 0 Å². The molecule has 1 aromatic carbocycles. The van der Waals surface area contributed by atoms with Gasteiger partial charge in [0.05, 0.1) is 6.54 Å². The second-order valence-electron chi connectivity index (χ2n) is 5.62. The van der Waals surface area contributed by atoms with Gasteiger partial charge in [0.1, 0.15) is 6.04 Å². The monoisotopic (exact) mass is 288 g/mol. The lowest BCUT2D eigenvalue weighted by molar-refractivity contribution is -0.148. The topological polar surface area (TPSA) is 58.6 Å². The molecule has 3 rings (SSSR count). The van der Waals surface area contributed by atoms with E-state index in [1.54, 1.807) is 4.90 Å². The lowest BCUT2D eigenvalue weighted by atomic mass is 9.99. The number of carbonyl (C=O) groups excluding carboxylic acids is 2. The summed E-state index contributed by atoms with van der Waals surface area (Å²) in [6, 6.07) is 9.48. The van der Waals surface area contributed by atoms with Gasteiger partial charge in [0.2, 0.25) is 11.8 Å². The van der Waals surface area contributed by atoms with Crippen molar-refractivity contribution in [3.05, 3.63) is 35.9 Å². The first-order valence-electron chi connectivity index (χ1n) is 7.45. The van der Waals surface area contributed by atoms with Crippen molar-refractivity contribution >= 4 is 11.8 Å². The van der Waals surface area contributed by atoms with Crippen molar-refractivity contribution in [2.75, 3.05) is 19.8 Å². The molecule has 5 nitrogen and oxygen atoms in total. The van der Waals surface area contributed by atoms with Gasteiger partial charge in [-0.25, -0.2) is 0 Å². The van der Waals surface area contributed by atoms with Crippen LogP contribution in [0.4, 0.5) is 0 Å². The second kappa shape index (κ2) is 6.26. The van der Waals surface area contributed by atoms with Gasteiger partial charge in [-0.3, -0.25) is 9.59 Å². The SMILES string of the molecule is O=C1CN(C2CCOCC2)C(=O)C(Cc2ccccc2)N1. The number of ether oxygens (including phenoxy) is 1. The Morgan fingerprint density at radius 1 is 1.14 bits per heavy atom. The largest absolute Gasteiger partial charge is 0.381 e. The molecule has 0 radical (unpaired) electrons. The lowest BCUT2D eigenvalue weighted by Gasteiger charge is -2.39. The van der Waals surface area contributed by atoms with Gasteiger partial charge in [-0.15, -0.1) is 0 Å². The second-order valence-corrected chi connectivity index (χ2v) is 5.62. The zero-order chi connectivity index (χ0) is 14.7. The van der Waals surface area contributed by atoms with Crippen molar-refractivity contribution in [1.29, 1.82) is 0 Å². The molecule has 0 aliphatic carbocycles. The van der Waals surface area contributed by atoms with Gasteiger partial charge in [-0.1, -0.05) is 30.3 Å². The van der Waals surface area contributed by atoms with Crippen molar-refractivity contribution in [3.63, 3.8) is 0 Å². The predicted octanol–water partition coefficient (Wildman–Crippen LogP) is 0.735. The highest BCUT2D eigenvalue weighted by atomic mass is 16.5. The molecule has 2 heterocycles. The molecule has 5 heteroatoms. The van der Waals surface area contributed by atoms with Gasteiger partial charge in [-0.05, 0) is 18.4 Å². The van der Waals surface area contributed by atoms with Crippen LogP contribution in [0.15, 0.2) is 30.3 Å². The Labute approximate surface area is 124 Å². The average molecular weight is 288 g/mol. The average Bonchev–Trinajstić information content (AvgIpc) is 2.52. The molecule has 0 aromatic heterocycles. The molecule has 2 aliphatic heterocycles. The van der Waals surface area contributed by atoms with Crippen LogP contribution in [0.3, 0.4) is 0 Å². The van der Waals surface area contributed by atoms with E-state index >= 15 is 0 Å². The van der Waals surface area contributed by atoms with Crippen LogP contribution in [-0.4, -0.2) is 48.6 Å². The Hall–Kier alpha value is -1.88. The zero-order valence-electron chi connectivity index (χ0n) is 12.0. The molecule has 1 atom stereocenters. The van der Waals surface area contributed by atoms with Gasteiger partial charge in [0.15, 0.2) is 0 Å². The van der Waals surface area contributed by atoms with E-state index in [9.17, 15) is 9.59 Å².